The molecular formula is C32H32N2O2S. The lowest BCUT2D eigenvalue weighted by molar-refractivity contribution is -0.114. The van der Waals surface area contributed by atoms with Gasteiger partial charge in [-0.2, -0.15) is 0 Å². The van der Waals surface area contributed by atoms with Crippen molar-refractivity contribution in [2.75, 3.05) is 11.4 Å². The first-order chi connectivity index (χ1) is 18.1. The molecule has 0 saturated heterocycles. The van der Waals surface area contributed by atoms with Gasteiger partial charge in [-0.05, 0) is 80.5 Å². The molecule has 188 valence electrons. The van der Waals surface area contributed by atoms with Gasteiger partial charge in [0.15, 0.2) is 0 Å². The van der Waals surface area contributed by atoms with Gasteiger partial charge in [-0.25, -0.2) is 0 Å². The monoisotopic (exact) mass is 508 g/mol. The minimum atomic E-state index is -0.0583. The molecule has 0 atom stereocenters. The average molecular weight is 509 g/mol. The van der Waals surface area contributed by atoms with E-state index in [4.69, 9.17) is 0 Å². The van der Waals surface area contributed by atoms with Gasteiger partial charge in [0.2, 0.25) is 0 Å². The summed E-state index contributed by atoms with van der Waals surface area (Å²) in [5.74, 6) is -0.0685. The van der Waals surface area contributed by atoms with Crippen LogP contribution in [0.2, 0.25) is 0 Å². The second-order valence-corrected chi connectivity index (χ2v) is 10.8. The average Bonchev–Trinajstić information content (AvgIpc) is 2.92. The minimum absolute atomic E-state index is 0.0101. The molecule has 0 radical (unpaired) electrons. The van der Waals surface area contributed by atoms with Crippen LogP contribution in [-0.4, -0.2) is 18.4 Å². The van der Waals surface area contributed by atoms with Crippen LogP contribution in [-0.2, 0) is 11.3 Å². The molecule has 0 spiro atoms. The first-order valence-corrected chi connectivity index (χ1v) is 13.8. The van der Waals surface area contributed by atoms with Gasteiger partial charge < -0.3 is 10.2 Å². The molecule has 1 N–H and O–H groups in total. The number of amides is 2. The van der Waals surface area contributed by atoms with Gasteiger partial charge in [0.05, 0.1) is 17.1 Å². The van der Waals surface area contributed by atoms with Crippen molar-refractivity contribution in [1.82, 2.24) is 5.32 Å². The normalized spacial score (nSPS) is 16.4. The molecule has 2 amide bonds. The number of para-hydroxylation sites is 1. The highest BCUT2D eigenvalue weighted by Crippen LogP contribution is 2.42. The number of hydrogen-bond donors (Lipinski definition) is 1. The number of carbonyl (C=O) groups is 2. The molecule has 0 unspecified atom stereocenters. The summed E-state index contributed by atoms with van der Waals surface area (Å²) in [7, 11) is 0. The summed E-state index contributed by atoms with van der Waals surface area (Å²) in [6.45, 7) is 3.25. The number of rotatable bonds is 7. The van der Waals surface area contributed by atoms with E-state index in [1.807, 2.05) is 59.5 Å². The Bertz CT molecular complexity index is 1360. The largest absolute Gasteiger partial charge is 0.352 e. The van der Waals surface area contributed by atoms with E-state index in [0.29, 0.717) is 23.6 Å². The van der Waals surface area contributed by atoms with Crippen LogP contribution in [0.1, 0.15) is 59.2 Å². The lowest BCUT2D eigenvalue weighted by Crippen LogP contribution is -2.33. The summed E-state index contributed by atoms with van der Waals surface area (Å²) in [5, 5.41) is 3.04. The molecular weight excluding hydrogens is 476 g/mol. The van der Waals surface area contributed by atoms with Crippen LogP contribution in [0.3, 0.4) is 0 Å². The third-order valence-electron chi connectivity index (χ3n) is 6.84. The number of carbonyl (C=O) groups excluding carboxylic acids is 2. The van der Waals surface area contributed by atoms with Gasteiger partial charge in [0.1, 0.15) is 0 Å². The third kappa shape index (κ3) is 6.23. The Morgan fingerprint density at radius 1 is 1.03 bits per heavy atom. The Hall–Kier alpha value is -3.57. The van der Waals surface area contributed by atoms with E-state index >= 15 is 0 Å². The topological polar surface area (TPSA) is 49.4 Å². The van der Waals surface area contributed by atoms with Crippen LogP contribution >= 0.6 is 11.8 Å². The number of thioether (sulfide) groups is 1. The van der Waals surface area contributed by atoms with E-state index in [2.05, 4.69) is 42.6 Å². The predicted octanol–water partition coefficient (Wildman–Crippen LogP) is 7.30. The van der Waals surface area contributed by atoms with Crippen molar-refractivity contribution in [3.63, 3.8) is 0 Å². The molecule has 3 aromatic rings. The van der Waals surface area contributed by atoms with Crippen LogP contribution in [0, 0.1) is 6.92 Å². The van der Waals surface area contributed by atoms with E-state index in [9.17, 15) is 9.59 Å². The first-order valence-electron chi connectivity index (χ1n) is 13.0. The molecule has 1 heterocycles. The zero-order chi connectivity index (χ0) is 25.6. The van der Waals surface area contributed by atoms with E-state index in [-0.39, 0.29) is 11.8 Å². The molecule has 0 aromatic heterocycles. The van der Waals surface area contributed by atoms with E-state index in [1.165, 1.54) is 35.7 Å². The van der Waals surface area contributed by atoms with Crippen LogP contribution in [0.15, 0.2) is 94.2 Å². The fraction of sp³-hybridized carbons (Fsp3) is 0.250. The third-order valence-corrected chi connectivity index (χ3v) is 7.92. The predicted molar refractivity (Wildman–Crippen MR) is 153 cm³/mol. The number of allylic oxidation sites excluding steroid dienone is 1. The van der Waals surface area contributed by atoms with Gasteiger partial charge in [0, 0.05) is 17.0 Å². The highest BCUT2D eigenvalue weighted by Gasteiger charge is 2.29. The van der Waals surface area contributed by atoms with Crippen molar-refractivity contribution in [2.24, 2.45) is 0 Å². The van der Waals surface area contributed by atoms with Crippen LogP contribution in [0.4, 0.5) is 5.69 Å². The van der Waals surface area contributed by atoms with Gasteiger partial charge in [0.25, 0.3) is 11.8 Å². The molecule has 1 aliphatic heterocycles. The molecule has 0 saturated carbocycles. The minimum Gasteiger partial charge on any atom is -0.352 e. The summed E-state index contributed by atoms with van der Waals surface area (Å²) in [5.41, 5.74) is 6.21. The summed E-state index contributed by atoms with van der Waals surface area (Å²) < 4.78 is 0. The zero-order valence-electron chi connectivity index (χ0n) is 21.2. The van der Waals surface area contributed by atoms with Gasteiger partial charge in [-0.15, -0.1) is 0 Å². The summed E-state index contributed by atoms with van der Waals surface area (Å²) >= 11 is 1.50. The maximum Gasteiger partial charge on any atom is 0.265 e. The van der Waals surface area contributed by atoms with Gasteiger partial charge >= 0.3 is 0 Å². The Morgan fingerprint density at radius 3 is 2.65 bits per heavy atom. The highest BCUT2D eigenvalue weighted by atomic mass is 32.2. The second-order valence-electron chi connectivity index (χ2n) is 9.69. The molecule has 37 heavy (non-hydrogen) atoms. The number of hydrogen-bond acceptors (Lipinski definition) is 3. The Balaban J connectivity index is 1.29. The van der Waals surface area contributed by atoms with E-state index < -0.39 is 0 Å². The molecule has 2 aliphatic rings. The second kappa shape index (κ2) is 11.7. The van der Waals surface area contributed by atoms with Gasteiger partial charge in [-0.3, -0.25) is 9.59 Å². The molecule has 5 heteroatoms. The number of nitrogens with one attached hydrogen (secondary N) is 1. The van der Waals surface area contributed by atoms with Crippen molar-refractivity contribution >= 4 is 35.3 Å². The number of benzene rings is 3. The smallest absolute Gasteiger partial charge is 0.265 e. The Morgan fingerprint density at radius 2 is 1.86 bits per heavy atom. The van der Waals surface area contributed by atoms with Crippen molar-refractivity contribution in [3.05, 3.63) is 112 Å². The van der Waals surface area contributed by atoms with E-state index in [1.54, 1.807) is 0 Å². The molecule has 0 bridgehead atoms. The number of fused-ring (bicyclic) bond motifs is 1. The molecule has 0 fully saturated rings. The summed E-state index contributed by atoms with van der Waals surface area (Å²) in [6.07, 6.45) is 10.0. The standard InChI is InChI=1S/C32H32N2O2S/c1-23-8-7-11-26(20-23)22-34-28-12-5-6-13-29(28)37-30(32(34)36)21-25-14-16-27(17-15-25)31(35)33-19-18-24-9-3-2-4-10-24/h5-9,11-17,20-21H,2-4,10,18-19,22H2,1H3,(H,33,35). The van der Waals surface area contributed by atoms with Crippen molar-refractivity contribution < 1.29 is 9.59 Å². The molecule has 1 aliphatic carbocycles. The first kappa shape index (κ1) is 25.1. The van der Waals surface area contributed by atoms with Crippen LogP contribution < -0.4 is 10.2 Å². The quantitative estimate of drug-likeness (QED) is 0.269. The Labute approximate surface area is 223 Å². The van der Waals surface area contributed by atoms with Gasteiger partial charge in [-0.1, -0.05) is 77.5 Å². The highest BCUT2D eigenvalue weighted by molar-refractivity contribution is 8.04. The fourth-order valence-electron chi connectivity index (χ4n) is 4.86. The zero-order valence-corrected chi connectivity index (χ0v) is 22.0. The van der Waals surface area contributed by atoms with E-state index in [0.717, 1.165) is 41.0 Å². The maximum atomic E-state index is 13.6. The SMILES string of the molecule is Cc1cccc(CN2C(=O)C(=Cc3ccc(C(=O)NCCC4=CCCCC4)cc3)Sc3ccccc32)c1. The summed E-state index contributed by atoms with van der Waals surface area (Å²) in [4.78, 5) is 29.8. The summed E-state index contributed by atoms with van der Waals surface area (Å²) in [6, 6.07) is 23.8. The Kier molecular flexibility index (Phi) is 7.90. The number of anilines is 1. The molecule has 3 aromatic carbocycles. The number of nitrogens with zero attached hydrogens (tertiary/aromatic N) is 1. The molecule has 5 rings (SSSR count). The lowest BCUT2D eigenvalue weighted by atomic mass is 9.97. The van der Waals surface area contributed by atoms with Crippen LogP contribution in [0.25, 0.3) is 6.08 Å². The van der Waals surface area contributed by atoms with Crippen molar-refractivity contribution in [3.8, 4) is 0 Å². The van der Waals surface area contributed by atoms with Crippen LogP contribution in [0.5, 0.6) is 0 Å². The maximum absolute atomic E-state index is 13.6. The lowest BCUT2D eigenvalue weighted by Gasteiger charge is -2.30. The molecule has 4 nitrogen and oxygen atoms in total. The number of aryl methyl sites for hydroxylation is 1. The fourth-order valence-corrected chi connectivity index (χ4v) is 5.92. The van der Waals surface area contributed by atoms with Crippen molar-refractivity contribution in [2.45, 2.75) is 50.5 Å². The van der Waals surface area contributed by atoms with Crippen molar-refractivity contribution in [1.29, 1.82) is 0 Å².